The highest BCUT2D eigenvalue weighted by molar-refractivity contribution is 5.64. The summed E-state index contributed by atoms with van der Waals surface area (Å²) in [7, 11) is 1.55. The van der Waals surface area contributed by atoms with Crippen LogP contribution < -0.4 is 10.5 Å². The Balaban J connectivity index is 3.50. The lowest BCUT2D eigenvalue weighted by atomic mass is 10.1. The van der Waals surface area contributed by atoms with Gasteiger partial charge in [0.25, 0.3) is 0 Å². The lowest BCUT2D eigenvalue weighted by molar-refractivity contribution is -0.255. The molecular formula is C11H10NO+. The molecule has 0 saturated carbocycles. The maximum absolute atomic E-state index is 5.32. The van der Waals surface area contributed by atoms with Crippen LogP contribution >= 0.6 is 0 Å². The van der Waals surface area contributed by atoms with E-state index >= 15 is 0 Å². The van der Waals surface area contributed by atoms with Crippen molar-refractivity contribution in [1.29, 1.82) is 0 Å². The molecule has 0 aliphatic heterocycles. The molecule has 0 heterocycles. The number of ether oxygens (including phenoxy) is 1. The average molecular weight is 172 g/mol. The third kappa shape index (κ3) is 1.49. The van der Waals surface area contributed by atoms with Gasteiger partial charge < -0.3 is 10.5 Å². The van der Waals surface area contributed by atoms with Crippen LogP contribution in [0.1, 0.15) is 11.1 Å². The van der Waals surface area contributed by atoms with Gasteiger partial charge in [-0.1, -0.05) is 11.8 Å². The molecule has 0 saturated heterocycles. The smallest absolute Gasteiger partial charge is 0.145 e. The molecule has 0 fully saturated rings. The number of benzene rings is 1. The molecule has 0 aliphatic rings. The minimum absolute atomic E-state index is 0.595. The molecule has 64 valence electrons. The van der Waals surface area contributed by atoms with Crippen molar-refractivity contribution in [1.82, 2.24) is 0 Å². The summed E-state index contributed by atoms with van der Waals surface area (Å²) >= 11 is 0. The number of quaternary nitrogens is 1. The van der Waals surface area contributed by atoms with Crippen molar-refractivity contribution in [3.63, 3.8) is 0 Å². The second-order valence-electron chi connectivity index (χ2n) is 2.47. The molecule has 0 unspecified atom stereocenters. The molecular weight excluding hydrogens is 162 g/mol. The summed E-state index contributed by atoms with van der Waals surface area (Å²) in [6, 6.07) is 3.55. The molecule has 0 spiro atoms. The summed E-state index contributed by atoms with van der Waals surface area (Å²) in [5.41, 5.74) is 5.75. The molecule has 0 radical (unpaired) electrons. The zero-order valence-electron chi connectivity index (χ0n) is 7.42. The van der Waals surface area contributed by atoms with Crippen molar-refractivity contribution in [2.45, 2.75) is 0 Å². The van der Waals surface area contributed by atoms with E-state index < -0.39 is 0 Å². The molecule has 0 aliphatic carbocycles. The molecule has 0 aromatic heterocycles. The third-order valence-corrected chi connectivity index (χ3v) is 1.76. The Morgan fingerprint density at radius 3 is 2.31 bits per heavy atom. The highest BCUT2D eigenvalue weighted by atomic mass is 16.5. The van der Waals surface area contributed by atoms with Crippen LogP contribution in [0.4, 0.5) is 5.69 Å². The van der Waals surface area contributed by atoms with Gasteiger partial charge in [0.05, 0.1) is 12.7 Å². The zero-order chi connectivity index (χ0) is 9.84. The normalized spacial score (nSPS) is 8.62. The maximum Gasteiger partial charge on any atom is 0.145 e. The van der Waals surface area contributed by atoms with Gasteiger partial charge in [0, 0.05) is 6.07 Å². The van der Waals surface area contributed by atoms with E-state index in [9.17, 15) is 0 Å². The fraction of sp³-hybridized carbons (Fsp3) is 0.0909. The first-order valence-corrected chi connectivity index (χ1v) is 3.70. The first kappa shape index (κ1) is 9.19. The summed E-state index contributed by atoms with van der Waals surface area (Å²) in [4.78, 5) is 0. The SMILES string of the molecule is C#Cc1c([NH3+])ccc(OC)c1C#C. The van der Waals surface area contributed by atoms with Crippen LogP contribution in [0.3, 0.4) is 0 Å². The Morgan fingerprint density at radius 2 is 1.85 bits per heavy atom. The van der Waals surface area contributed by atoms with Gasteiger partial charge in [-0.05, 0) is 6.07 Å². The van der Waals surface area contributed by atoms with Gasteiger partial charge in [0.15, 0.2) is 0 Å². The van der Waals surface area contributed by atoms with Crippen molar-refractivity contribution in [2.24, 2.45) is 0 Å². The Morgan fingerprint density at radius 1 is 1.23 bits per heavy atom. The standard InChI is InChI=1S/C11H9NO/c1-4-8-9(5-2)11(13-3)7-6-10(8)12/h1-2,6-7H,12H2,3H3/p+1. The van der Waals surface area contributed by atoms with Gasteiger partial charge in [0.1, 0.15) is 17.0 Å². The molecule has 0 amide bonds. The molecule has 0 atom stereocenters. The fourth-order valence-electron chi connectivity index (χ4n) is 1.10. The van der Waals surface area contributed by atoms with Crippen LogP contribution in [-0.2, 0) is 0 Å². The van der Waals surface area contributed by atoms with Gasteiger partial charge in [-0.3, -0.25) is 0 Å². The molecule has 13 heavy (non-hydrogen) atoms. The molecule has 2 nitrogen and oxygen atoms in total. The number of hydrogen-bond acceptors (Lipinski definition) is 1. The predicted molar refractivity (Wildman–Crippen MR) is 51.4 cm³/mol. The predicted octanol–water partition coefficient (Wildman–Crippen LogP) is 0.531. The van der Waals surface area contributed by atoms with Crippen LogP contribution in [0.25, 0.3) is 0 Å². The number of hydrogen-bond donors (Lipinski definition) is 1. The molecule has 0 bridgehead atoms. The second-order valence-corrected chi connectivity index (χ2v) is 2.47. The van der Waals surface area contributed by atoms with Gasteiger partial charge in [-0.15, -0.1) is 12.8 Å². The van der Waals surface area contributed by atoms with E-state index in [2.05, 4.69) is 17.6 Å². The molecule has 1 aromatic carbocycles. The lowest BCUT2D eigenvalue weighted by Crippen LogP contribution is -2.41. The number of rotatable bonds is 1. The topological polar surface area (TPSA) is 36.9 Å². The number of terminal acetylenes is 2. The van der Waals surface area contributed by atoms with E-state index in [-0.39, 0.29) is 0 Å². The minimum atomic E-state index is 0.595. The van der Waals surface area contributed by atoms with Crippen molar-refractivity contribution in [3.05, 3.63) is 23.3 Å². The van der Waals surface area contributed by atoms with Gasteiger partial charge in [-0.25, -0.2) is 0 Å². The second kappa shape index (κ2) is 3.67. The van der Waals surface area contributed by atoms with Crippen molar-refractivity contribution < 1.29 is 10.5 Å². The van der Waals surface area contributed by atoms with Gasteiger partial charge >= 0.3 is 0 Å². The monoisotopic (exact) mass is 172 g/mol. The van der Waals surface area contributed by atoms with Gasteiger partial charge in [-0.2, -0.15) is 0 Å². The summed E-state index contributed by atoms with van der Waals surface area (Å²) in [6.07, 6.45) is 10.6. The Labute approximate surface area is 77.7 Å². The first-order valence-electron chi connectivity index (χ1n) is 3.70. The van der Waals surface area contributed by atoms with E-state index in [1.807, 2.05) is 0 Å². The first-order chi connectivity index (χ1) is 6.24. The molecule has 3 N–H and O–H groups in total. The van der Waals surface area contributed by atoms with Crippen LogP contribution in [0.15, 0.2) is 12.1 Å². The number of methoxy groups -OCH3 is 1. The van der Waals surface area contributed by atoms with Crippen LogP contribution in [0, 0.1) is 24.7 Å². The third-order valence-electron chi connectivity index (χ3n) is 1.76. The highest BCUT2D eigenvalue weighted by Crippen LogP contribution is 2.24. The van der Waals surface area contributed by atoms with Gasteiger partial charge in [0.2, 0.25) is 0 Å². The van der Waals surface area contributed by atoms with Crippen LogP contribution in [-0.4, -0.2) is 7.11 Å². The van der Waals surface area contributed by atoms with E-state index in [1.54, 1.807) is 19.2 Å². The fourth-order valence-corrected chi connectivity index (χ4v) is 1.10. The Kier molecular flexibility index (Phi) is 2.59. The summed E-state index contributed by atoms with van der Waals surface area (Å²) in [6.45, 7) is 0. The minimum Gasteiger partial charge on any atom is -0.495 e. The van der Waals surface area contributed by atoms with Crippen molar-refractivity contribution in [2.75, 3.05) is 7.11 Å². The van der Waals surface area contributed by atoms with Crippen molar-refractivity contribution >= 4 is 5.69 Å². The molecule has 2 heteroatoms. The van der Waals surface area contributed by atoms with E-state index in [4.69, 9.17) is 17.6 Å². The molecule has 1 rings (SSSR count). The highest BCUT2D eigenvalue weighted by Gasteiger charge is 2.10. The average Bonchev–Trinajstić information content (AvgIpc) is 2.17. The summed E-state index contributed by atoms with van der Waals surface area (Å²) < 4.78 is 5.07. The van der Waals surface area contributed by atoms with Crippen molar-refractivity contribution in [3.8, 4) is 30.4 Å². The Hall–Kier alpha value is -1.90. The van der Waals surface area contributed by atoms with E-state index in [0.29, 0.717) is 16.9 Å². The quantitative estimate of drug-likeness (QED) is 0.616. The largest absolute Gasteiger partial charge is 0.495 e. The lowest BCUT2D eigenvalue weighted by Gasteiger charge is -2.05. The maximum atomic E-state index is 5.32. The van der Waals surface area contributed by atoms with Crippen LogP contribution in [0.2, 0.25) is 0 Å². The summed E-state index contributed by atoms with van der Waals surface area (Å²) in [5, 5.41) is 0. The Bertz CT molecular complexity index is 407. The summed E-state index contributed by atoms with van der Waals surface area (Å²) in [5.74, 6) is 5.62. The zero-order valence-corrected chi connectivity index (χ0v) is 7.42. The van der Waals surface area contributed by atoms with Crippen LogP contribution in [0.5, 0.6) is 5.75 Å². The van der Waals surface area contributed by atoms with E-state index in [0.717, 1.165) is 5.69 Å². The van der Waals surface area contributed by atoms with E-state index in [1.165, 1.54) is 0 Å². The molecule has 1 aromatic rings.